The number of rotatable bonds is 7. The van der Waals surface area contributed by atoms with Crippen LogP contribution in [-0.4, -0.2) is 102 Å². The summed E-state index contributed by atoms with van der Waals surface area (Å²) in [4.78, 5) is 22.1. The molecule has 0 bridgehead atoms. The Kier molecular flexibility index (Phi) is 9.00. The van der Waals surface area contributed by atoms with Crippen molar-refractivity contribution in [3.8, 4) is 0 Å². The number of ether oxygens (including phenoxy) is 1. The number of aromatic amines is 1. The fourth-order valence-corrected chi connectivity index (χ4v) is 6.71. The first-order chi connectivity index (χ1) is 21.2. The molecule has 3 N–H and O–H groups in total. The summed E-state index contributed by atoms with van der Waals surface area (Å²) in [6.07, 6.45) is 5.68. The van der Waals surface area contributed by atoms with Gasteiger partial charge in [-0.25, -0.2) is 13.2 Å². The first kappa shape index (κ1) is 30.6. The van der Waals surface area contributed by atoms with Gasteiger partial charge in [-0.05, 0) is 80.6 Å². The van der Waals surface area contributed by atoms with E-state index < -0.39 is 35.1 Å². The van der Waals surface area contributed by atoms with Crippen LogP contribution < -0.4 is 4.90 Å². The molecule has 44 heavy (non-hydrogen) atoms. The Balaban J connectivity index is 0.998. The van der Waals surface area contributed by atoms with Gasteiger partial charge < -0.3 is 34.6 Å². The summed E-state index contributed by atoms with van der Waals surface area (Å²) >= 11 is 0. The minimum absolute atomic E-state index is 0.199. The lowest BCUT2D eigenvalue weighted by molar-refractivity contribution is -0.140. The van der Waals surface area contributed by atoms with Crippen molar-refractivity contribution in [1.82, 2.24) is 14.8 Å². The number of morpholine rings is 1. The highest BCUT2D eigenvalue weighted by Gasteiger charge is 2.41. The maximum Gasteiger partial charge on any atom is 0.246 e. The Morgan fingerprint density at radius 2 is 1.70 bits per heavy atom. The molecule has 11 heteroatoms. The smallest absolute Gasteiger partial charge is 0.246 e. The van der Waals surface area contributed by atoms with Crippen molar-refractivity contribution in [2.75, 3.05) is 63.9 Å². The summed E-state index contributed by atoms with van der Waals surface area (Å²) in [5.74, 6) is -3.48. The van der Waals surface area contributed by atoms with Gasteiger partial charge in [-0.3, -0.25) is 4.79 Å². The molecule has 2 aromatic carbocycles. The number of aliphatic hydroxyl groups excluding tert-OH is 1. The van der Waals surface area contributed by atoms with Gasteiger partial charge in [0.2, 0.25) is 5.91 Å². The van der Waals surface area contributed by atoms with Crippen molar-refractivity contribution in [3.63, 3.8) is 0 Å². The van der Waals surface area contributed by atoms with Gasteiger partial charge in [0, 0.05) is 73.2 Å². The van der Waals surface area contributed by atoms with E-state index in [9.17, 15) is 28.2 Å². The summed E-state index contributed by atoms with van der Waals surface area (Å²) in [5.41, 5.74) is 2.13. The van der Waals surface area contributed by atoms with Crippen molar-refractivity contribution in [2.24, 2.45) is 0 Å². The summed E-state index contributed by atoms with van der Waals surface area (Å²) in [6.45, 7) is 5.67. The van der Waals surface area contributed by atoms with Crippen LogP contribution in [0.2, 0.25) is 0 Å². The lowest BCUT2D eigenvalue weighted by Gasteiger charge is -2.43. The normalized spacial score (nSPS) is 20.9. The van der Waals surface area contributed by atoms with E-state index in [1.807, 2.05) is 0 Å². The highest BCUT2D eigenvalue weighted by atomic mass is 19.2. The van der Waals surface area contributed by atoms with Crippen LogP contribution in [-0.2, 0) is 9.53 Å². The number of carbonyl (C=O) groups is 1. The van der Waals surface area contributed by atoms with E-state index in [4.69, 9.17) is 4.74 Å². The molecule has 3 aliphatic heterocycles. The molecule has 3 aromatic rings. The molecule has 8 nitrogen and oxygen atoms in total. The molecule has 0 spiro atoms. The average Bonchev–Trinajstić information content (AvgIpc) is 3.46. The van der Waals surface area contributed by atoms with Gasteiger partial charge in [0.15, 0.2) is 11.6 Å². The van der Waals surface area contributed by atoms with E-state index in [1.165, 1.54) is 21.5 Å². The Bertz CT molecular complexity index is 1510. The van der Waals surface area contributed by atoms with E-state index in [0.29, 0.717) is 24.6 Å². The number of anilines is 1. The number of aliphatic hydroxyl groups is 2. The summed E-state index contributed by atoms with van der Waals surface area (Å²) < 4.78 is 46.0. The molecule has 0 aliphatic carbocycles. The Morgan fingerprint density at radius 3 is 2.43 bits per heavy atom. The molecular formula is C33H39F3N4O4. The number of amides is 1. The maximum atomic E-state index is 13.9. The van der Waals surface area contributed by atoms with Gasteiger partial charge in [0.1, 0.15) is 5.82 Å². The van der Waals surface area contributed by atoms with Crippen molar-refractivity contribution < 1.29 is 32.9 Å². The third kappa shape index (κ3) is 6.51. The fourth-order valence-electron chi connectivity index (χ4n) is 6.71. The topological polar surface area (TPSA) is 92.3 Å². The zero-order chi connectivity index (χ0) is 30.8. The lowest BCUT2D eigenvalue weighted by atomic mass is 9.84. The molecule has 1 atom stereocenters. The minimum atomic E-state index is -1.32. The Labute approximate surface area is 254 Å². The molecule has 1 aromatic heterocycles. The van der Waals surface area contributed by atoms with Gasteiger partial charge in [0.05, 0.1) is 24.9 Å². The highest BCUT2D eigenvalue weighted by molar-refractivity contribution is 5.92. The number of likely N-dealkylation sites (tertiary alicyclic amines) is 2. The second-order valence-electron chi connectivity index (χ2n) is 12.2. The van der Waals surface area contributed by atoms with Gasteiger partial charge in [-0.15, -0.1) is 0 Å². The van der Waals surface area contributed by atoms with Crippen molar-refractivity contribution in [2.45, 2.75) is 43.3 Å². The number of halogens is 3. The number of β-amino-alcohol motifs (C(OH)–C–C–N with tert-alkyl or cyclic N) is 1. The number of nitrogens with zero attached hydrogens (tertiary/aromatic N) is 3. The van der Waals surface area contributed by atoms with Crippen LogP contribution in [0.3, 0.4) is 0 Å². The van der Waals surface area contributed by atoms with Crippen LogP contribution in [0, 0.1) is 17.5 Å². The van der Waals surface area contributed by atoms with E-state index in [0.717, 1.165) is 69.9 Å². The SMILES string of the molecule is O=C(C=Cc1cc(F)c(F)cc1F)N1CCC(O)(C(O)CN2CCC(c3c[nH]c4ccc(N5CCOCC5)cc34)CC2)CC1. The molecular weight excluding hydrogens is 573 g/mol. The molecule has 3 fully saturated rings. The van der Waals surface area contributed by atoms with Gasteiger partial charge in [-0.2, -0.15) is 0 Å². The van der Waals surface area contributed by atoms with Crippen molar-refractivity contribution in [3.05, 3.63) is 71.2 Å². The van der Waals surface area contributed by atoms with E-state index in [2.05, 4.69) is 39.2 Å². The molecule has 3 aliphatic rings. The first-order valence-electron chi connectivity index (χ1n) is 15.4. The lowest BCUT2D eigenvalue weighted by Crippen LogP contribution is -2.56. The number of aromatic nitrogens is 1. The molecule has 0 radical (unpaired) electrons. The van der Waals surface area contributed by atoms with E-state index in [-0.39, 0.29) is 31.5 Å². The zero-order valence-corrected chi connectivity index (χ0v) is 24.7. The minimum Gasteiger partial charge on any atom is -0.389 e. The summed E-state index contributed by atoms with van der Waals surface area (Å²) in [7, 11) is 0. The van der Waals surface area contributed by atoms with Crippen molar-refractivity contribution >= 4 is 28.6 Å². The number of benzene rings is 2. The predicted octanol–water partition coefficient (Wildman–Crippen LogP) is 4.03. The second-order valence-corrected chi connectivity index (χ2v) is 12.2. The number of carbonyl (C=O) groups excluding carboxylic acids is 1. The number of piperidine rings is 2. The molecule has 4 heterocycles. The van der Waals surface area contributed by atoms with Crippen LogP contribution in [0.25, 0.3) is 17.0 Å². The monoisotopic (exact) mass is 612 g/mol. The van der Waals surface area contributed by atoms with Gasteiger partial charge >= 0.3 is 0 Å². The molecule has 3 saturated heterocycles. The van der Waals surface area contributed by atoms with Crippen LogP contribution in [0.5, 0.6) is 0 Å². The molecule has 0 saturated carbocycles. The second kappa shape index (κ2) is 12.9. The highest BCUT2D eigenvalue weighted by Crippen LogP contribution is 2.36. The quantitative estimate of drug-likeness (QED) is 0.276. The first-order valence-corrected chi connectivity index (χ1v) is 15.4. The average molecular weight is 613 g/mol. The van der Waals surface area contributed by atoms with Gasteiger partial charge in [0.25, 0.3) is 0 Å². The number of H-pyrrole nitrogens is 1. The Morgan fingerprint density at radius 1 is 1.00 bits per heavy atom. The van der Waals surface area contributed by atoms with E-state index >= 15 is 0 Å². The standard InChI is InChI=1S/C33H39F3N4O4/c34-27-19-29(36)28(35)17-23(27)1-4-32(42)40-11-7-33(43,8-12-40)31(41)21-38-9-5-22(6-10-38)26-20-37-30-3-2-24(18-25(26)30)39-13-15-44-16-14-39/h1-4,17-20,22,31,37,41,43H,5-16,21H2. The number of hydrogen-bond acceptors (Lipinski definition) is 6. The molecule has 1 unspecified atom stereocenters. The Hall–Kier alpha value is -3.38. The third-order valence-corrected chi connectivity index (χ3v) is 9.54. The summed E-state index contributed by atoms with van der Waals surface area (Å²) in [5, 5.41) is 23.6. The number of hydrogen-bond donors (Lipinski definition) is 3. The van der Waals surface area contributed by atoms with Crippen LogP contribution in [0.15, 0.2) is 42.6 Å². The molecule has 236 valence electrons. The summed E-state index contributed by atoms with van der Waals surface area (Å²) in [6, 6.07) is 7.74. The maximum absolute atomic E-state index is 13.9. The van der Waals surface area contributed by atoms with E-state index in [1.54, 1.807) is 0 Å². The molecule has 6 rings (SSSR count). The van der Waals surface area contributed by atoms with Crippen molar-refractivity contribution in [1.29, 1.82) is 0 Å². The number of nitrogens with one attached hydrogen (secondary N) is 1. The largest absolute Gasteiger partial charge is 0.389 e. The van der Waals surface area contributed by atoms with Crippen LogP contribution in [0.4, 0.5) is 18.9 Å². The predicted molar refractivity (Wildman–Crippen MR) is 162 cm³/mol. The van der Waals surface area contributed by atoms with Crippen LogP contribution >= 0.6 is 0 Å². The van der Waals surface area contributed by atoms with Gasteiger partial charge in [-0.1, -0.05) is 0 Å². The third-order valence-electron chi connectivity index (χ3n) is 9.54. The molecule has 1 amide bonds. The zero-order valence-electron chi connectivity index (χ0n) is 24.7. The fraction of sp³-hybridized carbons (Fsp3) is 0.485. The van der Waals surface area contributed by atoms with Crippen LogP contribution in [0.1, 0.15) is 42.7 Å². The number of fused-ring (bicyclic) bond motifs is 1.